The smallest absolute Gasteiger partial charge is 0.0558 e. The zero-order valence-electron chi connectivity index (χ0n) is 10.8. The molecule has 0 unspecified atom stereocenters. The van der Waals surface area contributed by atoms with E-state index in [1.165, 1.54) is 31.2 Å². The molecular formula is C15H23NO. The lowest BCUT2D eigenvalue weighted by molar-refractivity contribution is 0.223. The zero-order valence-corrected chi connectivity index (χ0v) is 10.8. The molecule has 0 saturated carbocycles. The summed E-state index contributed by atoms with van der Waals surface area (Å²) in [5.41, 5.74) is 4.57. The van der Waals surface area contributed by atoms with Gasteiger partial charge in [-0.25, -0.2) is 0 Å². The number of rotatable bonds is 5. The van der Waals surface area contributed by atoms with Crippen LogP contribution in [-0.2, 0) is 19.3 Å². The summed E-state index contributed by atoms with van der Waals surface area (Å²) < 4.78 is 0. The van der Waals surface area contributed by atoms with E-state index in [2.05, 4.69) is 30.1 Å². The van der Waals surface area contributed by atoms with Crippen LogP contribution >= 0.6 is 0 Å². The fraction of sp³-hybridized carbons (Fsp3) is 0.600. The summed E-state index contributed by atoms with van der Waals surface area (Å²) in [5, 5.41) is 8.85. The first-order valence-corrected chi connectivity index (χ1v) is 6.69. The highest BCUT2D eigenvalue weighted by molar-refractivity contribution is 5.33. The Morgan fingerprint density at radius 2 is 1.88 bits per heavy atom. The highest BCUT2D eigenvalue weighted by atomic mass is 16.3. The first-order valence-electron chi connectivity index (χ1n) is 6.69. The average molecular weight is 233 g/mol. The van der Waals surface area contributed by atoms with Crippen molar-refractivity contribution >= 4 is 0 Å². The molecule has 94 valence electrons. The Labute approximate surface area is 104 Å². The minimum Gasteiger partial charge on any atom is -0.395 e. The molecule has 1 N–H and O–H groups in total. The Morgan fingerprint density at radius 3 is 2.65 bits per heavy atom. The number of hydrogen-bond acceptors (Lipinski definition) is 2. The summed E-state index contributed by atoms with van der Waals surface area (Å²) in [6, 6.07) is 6.98. The molecule has 0 aliphatic heterocycles. The number of aliphatic hydroxyl groups is 1. The molecule has 2 heteroatoms. The highest BCUT2D eigenvalue weighted by Crippen LogP contribution is 2.22. The van der Waals surface area contributed by atoms with E-state index in [9.17, 15) is 0 Å². The predicted molar refractivity (Wildman–Crippen MR) is 71.4 cm³/mol. The Hall–Kier alpha value is -0.860. The van der Waals surface area contributed by atoms with Crippen molar-refractivity contribution in [1.82, 2.24) is 4.90 Å². The van der Waals surface area contributed by atoms with Gasteiger partial charge in [0.2, 0.25) is 0 Å². The largest absolute Gasteiger partial charge is 0.395 e. The molecule has 1 aromatic rings. The van der Waals surface area contributed by atoms with Gasteiger partial charge in [0, 0.05) is 13.1 Å². The topological polar surface area (TPSA) is 23.5 Å². The molecule has 0 saturated heterocycles. The van der Waals surface area contributed by atoms with Crippen LogP contribution in [0.2, 0.25) is 0 Å². The lowest BCUT2D eigenvalue weighted by Crippen LogP contribution is -2.24. The van der Waals surface area contributed by atoms with Gasteiger partial charge in [0.1, 0.15) is 0 Å². The van der Waals surface area contributed by atoms with E-state index in [0.717, 1.165) is 19.5 Å². The second-order valence-electron chi connectivity index (χ2n) is 5.09. The summed E-state index contributed by atoms with van der Waals surface area (Å²) in [5.74, 6) is 0. The van der Waals surface area contributed by atoms with Crippen molar-refractivity contribution < 1.29 is 5.11 Å². The number of nitrogens with zero attached hydrogens (tertiary/aromatic N) is 1. The number of fused-ring (bicyclic) bond motifs is 1. The van der Waals surface area contributed by atoms with Crippen molar-refractivity contribution in [3.8, 4) is 0 Å². The molecule has 17 heavy (non-hydrogen) atoms. The van der Waals surface area contributed by atoms with Crippen molar-refractivity contribution in [2.75, 3.05) is 26.7 Å². The third-order valence-electron chi connectivity index (χ3n) is 3.68. The first kappa shape index (κ1) is 12.6. The summed E-state index contributed by atoms with van der Waals surface area (Å²) in [6.45, 7) is 2.05. The Bertz CT molecular complexity index is 362. The molecule has 0 amide bonds. The van der Waals surface area contributed by atoms with Gasteiger partial charge < -0.3 is 10.0 Å². The van der Waals surface area contributed by atoms with E-state index in [1.54, 1.807) is 11.1 Å². The van der Waals surface area contributed by atoms with E-state index in [4.69, 9.17) is 5.11 Å². The maximum atomic E-state index is 8.85. The number of aliphatic hydroxyl groups excluding tert-OH is 1. The van der Waals surface area contributed by atoms with Crippen molar-refractivity contribution in [2.24, 2.45) is 0 Å². The molecule has 0 radical (unpaired) electrons. The third-order valence-corrected chi connectivity index (χ3v) is 3.68. The average Bonchev–Trinajstić information content (AvgIpc) is 2.36. The third kappa shape index (κ3) is 3.55. The van der Waals surface area contributed by atoms with Crippen molar-refractivity contribution in [1.29, 1.82) is 0 Å². The van der Waals surface area contributed by atoms with Crippen molar-refractivity contribution in [3.05, 3.63) is 34.9 Å². The molecule has 2 rings (SSSR count). The van der Waals surface area contributed by atoms with E-state index in [1.807, 2.05) is 0 Å². The van der Waals surface area contributed by atoms with Crippen LogP contribution in [0.25, 0.3) is 0 Å². The van der Waals surface area contributed by atoms with Gasteiger partial charge in [-0.3, -0.25) is 0 Å². The van der Waals surface area contributed by atoms with Crippen LogP contribution in [0, 0.1) is 0 Å². The molecule has 1 aliphatic rings. The Morgan fingerprint density at radius 1 is 1.12 bits per heavy atom. The summed E-state index contributed by atoms with van der Waals surface area (Å²) in [4.78, 5) is 2.18. The second kappa shape index (κ2) is 6.18. The molecule has 0 spiro atoms. The molecule has 0 aromatic heterocycles. The molecule has 2 nitrogen and oxygen atoms in total. The van der Waals surface area contributed by atoms with Crippen LogP contribution in [0.1, 0.15) is 29.5 Å². The van der Waals surface area contributed by atoms with Gasteiger partial charge in [0.25, 0.3) is 0 Å². The second-order valence-corrected chi connectivity index (χ2v) is 5.09. The zero-order chi connectivity index (χ0) is 12.1. The molecule has 0 fully saturated rings. The molecule has 0 atom stereocenters. The predicted octanol–water partition coefficient (Wildman–Crippen LogP) is 2.03. The van der Waals surface area contributed by atoms with Gasteiger partial charge in [-0.2, -0.15) is 0 Å². The summed E-state index contributed by atoms with van der Waals surface area (Å²) >= 11 is 0. The molecular weight excluding hydrogens is 210 g/mol. The van der Waals surface area contributed by atoms with Crippen molar-refractivity contribution in [3.63, 3.8) is 0 Å². The van der Waals surface area contributed by atoms with E-state index in [-0.39, 0.29) is 6.61 Å². The minimum absolute atomic E-state index is 0.251. The quantitative estimate of drug-likeness (QED) is 0.841. The van der Waals surface area contributed by atoms with Crippen LogP contribution < -0.4 is 0 Å². The van der Waals surface area contributed by atoms with Gasteiger partial charge in [-0.05, 0) is 55.8 Å². The van der Waals surface area contributed by atoms with Gasteiger partial charge in [0.05, 0.1) is 6.61 Å². The normalized spacial score (nSPS) is 15.0. The molecule has 1 aliphatic carbocycles. The SMILES string of the molecule is CN(CCO)CCc1ccc2c(c1)CCCC2. The molecule has 0 heterocycles. The number of hydrogen-bond donors (Lipinski definition) is 1. The Balaban J connectivity index is 1.93. The fourth-order valence-corrected chi connectivity index (χ4v) is 2.54. The van der Waals surface area contributed by atoms with Crippen LogP contribution in [-0.4, -0.2) is 36.8 Å². The standard InChI is InChI=1S/C15H23NO/c1-16(10-11-17)9-8-13-6-7-14-4-2-3-5-15(14)12-13/h6-7,12,17H,2-5,8-11H2,1H3. The van der Waals surface area contributed by atoms with Crippen LogP contribution in [0.3, 0.4) is 0 Å². The Kier molecular flexibility index (Phi) is 4.57. The maximum absolute atomic E-state index is 8.85. The summed E-state index contributed by atoms with van der Waals surface area (Å²) in [7, 11) is 2.06. The van der Waals surface area contributed by atoms with Crippen LogP contribution in [0.5, 0.6) is 0 Å². The molecule has 1 aromatic carbocycles. The minimum atomic E-state index is 0.251. The van der Waals surface area contributed by atoms with Gasteiger partial charge >= 0.3 is 0 Å². The number of benzene rings is 1. The monoisotopic (exact) mass is 233 g/mol. The maximum Gasteiger partial charge on any atom is 0.0558 e. The fourth-order valence-electron chi connectivity index (χ4n) is 2.54. The molecule has 0 bridgehead atoms. The number of aryl methyl sites for hydroxylation is 2. The van der Waals surface area contributed by atoms with Crippen LogP contribution in [0.4, 0.5) is 0 Å². The van der Waals surface area contributed by atoms with Crippen LogP contribution in [0.15, 0.2) is 18.2 Å². The summed E-state index contributed by atoms with van der Waals surface area (Å²) in [6.07, 6.45) is 6.31. The van der Waals surface area contributed by atoms with Gasteiger partial charge in [-0.15, -0.1) is 0 Å². The number of likely N-dealkylation sites (N-methyl/N-ethyl adjacent to an activating group) is 1. The lowest BCUT2D eigenvalue weighted by atomic mass is 9.90. The van der Waals surface area contributed by atoms with Gasteiger partial charge in [0.15, 0.2) is 0 Å². The van der Waals surface area contributed by atoms with Gasteiger partial charge in [-0.1, -0.05) is 18.2 Å². The highest BCUT2D eigenvalue weighted by Gasteiger charge is 2.09. The van der Waals surface area contributed by atoms with Crippen molar-refractivity contribution in [2.45, 2.75) is 32.1 Å². The van der Waals surface area contributed by atoms with E-state index >= 15 is 0 Å². The lowest BCUT2D eigenvalue weighted by Gasteiger charge is -2.18. The first-order chi connectivity index (χ1) is 8.29. The van der Waals surface area contributed by atoms with E-state index < -0.39 is 0 Å². The van der Waals surface area contributed by atoms with E-state index in [0.29, 0.717) is 0 Å².